The van der Waals surface area contributed by atoms with Gasteiger partial charge in [-0.05, 0) is 42.8 Å². The maximum Gasteiger partial charge on any atom is 0.258 e. The lowest BCUT2D eigenvalue weighted by molar-refractivity contribution is -0.896. The number of quaternary nitrogens is 1. The number of aryl methyl sites for hydroxylation is 1. The Labute approximate surface area is 148 Å². The molecule has 2 aliphatic rings. The Hall–Kier alpha value is -2.20. The van der Waals surface area contributed by atoms with E-state index >= 15 is 0 Å². The van der Waals surface area contributed by atoms with Crippen LogP contribution in [0.5, 0.6) is 0 Å². The third-order valence-electron chi connectivity index (χ3n) is 5.67. The molecular weight excluding hydrogens is 315 g/mol. The van der Waals surface area contributed by atoms with Gasteiger partial charge >= 0.3 is 0 Å². The van der Waals surface area contributed by atoms with E-state index < -0.39 is 0 Å². The summed E-state index contributed by atoms with van der Waals surface area (Å²) in [5.41, 5.74) is 4.08. The summed E-state index contributed by atoms with van der Waals surface area (Å²) in [4.78, 5) is 15.2. The number of nitrogens with zero attached hydrogens (tertiary/aromatic N) is 2. The molecule has 2 aliphatic heterocycles. The predicted octanol–water partition coefficient (Wildman–Crippen LogP) is 3.73. The highest BCUT2D eigenvalue weighted by Crippen LogP contribution is 2.46. The molecule has 1 saturated heterocycles. The lowest BCUT2D eigenvalue weighted by Gasteiger charge is -2.41. The normalized spacial score (nSPS) is 23.9. The van der Waals surface area contributed by atoms with Crippen molar-refractivity contribution in [3.8, 4) is 0 Å². The van der Waals surface area contributed by atoms with Crippen LogP contribution in [0.4, 0.5) is 10.1 Å². The number of likely N-dealkylation sites (N-methyl/N-ethyl adjacent to an activating group) is 1. The van der Waals surface area contributed by atoms with E-state index in [-0.39, 0.29) is 17.8 Å². The second-order valence-electron chi connectivity index (χ2n) is 8.05. The molecule has 0 saturated carbocycles. The van der Waals surface area contributed by atoms with Gasteiger partial charge in [0.15, 0.2) is 0 Å². The number of amides is 1. The first-order chi connectivity index (χ1) is 11.9. The Morgan fingerprint density at radius 1 is 1.16 bits per heavy atom. The number of halogens is 1. The minimum atomic E-state index is -0.316. The highest BCUT2D eigenvalue weighted by molar-refractivity contribution is 6.08. The Morgan fingerprint density at radius 3 is 2.60 bits per heavy atom. The van der Waals surface area contributed by atoms with E-state index in [1.165, 1.54) is 23.3 Å². The van der Waals surface area contributed by atoms with E-state index in [4.69, 9.17) is 0 Å². The molecule has 0 N–H and O–H groups in total. The van der Waals surface area contributed by atoms with Crippen molar-refractivity contribution in [2.75, 3.05) is 32.1 Å². The molecule has 0 aliphatic carbocycles. The van der Waals surface area contributed by atoms with Gasteiger partial charge < -0.3 is 9.38 Å². The fraction of sp³-hybridized carbons (Fsp3) is 0.381. The lowest BCUT2D eigenvalue weighted by Crippen LogP contribution is -2.54. The number of carbonyl (C=O) groups excluding carboxylic acids is 1. The predicted molar refractivity (Wildman–Crippen MR) is 97.4 cm³/mol. The van der Waals surface area contributed by atoms with Gasteiger partial charge in [-0.2, -0.15) is 0 Å². The van der Waals surface area contributed by atoms with Crippen LogP contribution in [0.3, 0.4) is 0 Å². The molecule has 2 aromatic rings. The van der Waals surface area contributed by atoms with Gasteiger partial charge in [-0.3, -0.25) is 4.79 Å². The largest absolute Gasteiger partial charge is 0.328 e. The lowest BCUT2D eigenvalue weighted by atomic mass is 9.87. The Balaban J connectivity index is 1.77. The van der Waals surface area contributed by atoms with Crippen molar-refractivity contribution in [1.29, 1.82) is 0 Å². The van der Waals surface area contributed by atoms with E-state index in [1.54, 1.807) is 12.1 Å². The molecule has 4 rings (SSSR count). The van der Waals surface area contributed by atoms with Crippen LogP contribution in [0.25, 0.3) is 0 Å². The quantitative estimate of drug-likeness (QED) is 0.725. The molecule has 130 valence electrons. The van der Waals surface area contributed by atoms with Gasteiger partial charge in [-0.15, -0.1) is 0 Å². The highest BCUT2D eigenvalue weighted by atomic mass is 19.1. The second-order valence-corrected chi connectivity index (χ2v) is 8.05. The molecule has 1 fully saturated rings. The Kier molecular flexibility index (Phi) is 3.69. The molecule has 4 heteroatoms. The highest BCUT2D eigenvalue weighted by Gasteiger charge is 2.47. The summed E-state index contributed by atoms with van der Waals surface area (Å²) in [5, 5.41) is 0. The van der Waals surface area contributed by atoms with Crippen molar-refractivity contribution in [2.24, 2.45) is 0 Å². The maximum atomic E-state index is 13.2. The molecule has 0 unspecified atom stereocenters. The summed E-state index contributed by atoms with van der Waals surface area (Å²) in [6.07, 6.45) is 0.984. The summed E-state index contributed by atoms with van der Waals surface area (Å²) < 4.78 is 14.2. The zero-order valence-electron chi connectivity index (χ0n) is 15.0. The minimum absolute atomic E-state index is 0.0233. The number of benzene rings is 2. The molecule has 25 heavy (non-hydrogen) atoms. The van der Waals surface area contributed by atoms with E-state index in [1.807, 2.05) is 4.90 Å². The zero-order valence-corrected chi connectivity index (χ0v) is 15.0. The van der Waals surface area contributed by atoms with E-state index in [9.17, 15) is 9.18 Å². The first-order valence-electron chi connectivity index (χ1n) is 8.87. The van der Waals surface area contributed by atoms with Gasteiger partial charge in [0, 0.05) is 17.7 Å². The van der Waals surface area contributed by atoms with Gasteiger partial charge in [-0.25, -0.2) is 4.39 Å². The molecule has 2 heterocycles. The molecular formula is C21H24FN2O+. The number of fused-ring (bicyclic) bond motifs is 3. The van der Waals surface area contributed by atoms with Gasteiger partial charge in [0.1, 0.15) is 5.82 Å². The van der Waals surface area contributed by atoms with Crippen molar-refractivity contribution in [3.63, 3.8) is 0 Å². The third kappa shape index (κ3) is 2.74. The summed E-state index contributed by atoms with van der Waals surface area (Å²) in [5.74, 6) is 0.0245. The van der Waals surface area contributed by atoms with Crippen molar-refractivity contribution in [3.05, 3.63) is 65.0 Å². The SMILES string of the molecule is Cc1ccc2c(c1)[C@@H]1C[N+](C)(C)CC[C@H]1N2C(=O)c1ccc(F)cc1. The number of anilines is 1. The molecule has 2 aromatic carbocycles. The average molecular weight is 339 g/mol. The Bertz CT molecular complexity index is 828. The van der Waals surface area contributed by atoms with Crippen molar-refractivity contribution < 1.29 is 13.7 Å². The van der Waals surface area contributed by atoms with E-state index in [2.05, 4.69) is 39.2 Å². The maximum absolute atomic E-state index is 13.2. The first kappa shape index (κ1) is 16.3. The second kappa shape index (κ2) is 5.67. The number of carbonyl (C=O) groups is 1. The standard InChI is InChI=1S/C21H24FN2O/c1-14-4-9-19-17(12-14)18-13-24(2,3)11-10-20(18)23(19)21(25)15-5-7-16(22)8-6-15/h4-9,12,18,20H,10-11,13H2,1-3H3/q+1/t18-,20+/m0/s1. The number of rotatable bonds is 1. The molecule has 0 aromatic heterocycles. The van der Waals surface area contributed by atoms with Gasteiger partial charge in [-0.1, -0.05) is 17.7 Å². The molecule has 0 spiro atoms. The van der Waals surface area contributed by atoms with E-state index in [0.29, 0.717) is 11.5 Å². The smallest absolute Gasteiger partial charge is 0.258 e. The van der Waals surface area contributed by atoms with Crippen molar-refractivity contribution >= 4 is 11.6 Å². The van der Waals surface area contributed by atoms with Crippen molar-refractivity contribution in [1.82, 2.24) is 0 Å². The average Bonchev–Trinajstić information content (AvgIpc) is 2.87. The van der Waals surface area contributed by atoms with Gasteiger partial charge in [0.05, 0.1) is 39.1 Å². The van der Waals surface area contributed by atoms with Gasteiger partial charge in [0.25, 0.3) is 5.91 Å². The zero-order chi connectivity index (χ0) is 17.8. The van der Waals surface area contributed by atoms with Crippen LogP contribution in [0.2, 0.25) is 0 Å². The molecule has 2 atom stereocenters. The number of hydrogen-bond acceptors (Lipinski definition) is 1. The summed E-state index contributed by atoms with van der Waals surface area (Å²) in [6.45, 7) is 4.19. The summed E-state index contributed by atoms with van der Waals surface area (Å²) in [6, 6.07) is 12.5. The third-order valence-corrected chi connectivity index (χ3v) is 5.67. The van der Waals surface area contributed by atoms with Crippen LogP contribution in [-0.2, 0) is 0 Å². The number of likely N-dealkylation sites (tertiary alicyclic amines) is 1. The van der Waals surface area contributed by atoms with Crippen LogP contribution in [-0.4, -0.2) is 43.6 Å². The van der Waals surface area contributed by atoms with Crippen LogP contribution >= 0.6 is 0 Å². The molecule has 3 nitrogen and oxygen atoms in total. The Morgan fingerprint density at radius 2 is 1.88 bits per heavy atom. The number of hydrogen-bond donors (Lipinski definition) is 0. The number of piperidine rings is 1. The van der Waals surface area contributed by atoms with Crippen LogP contribution < -0.4 is 4.90 Å². The van der Waals surface area contributed by atoms with Crippen LogP contribution in [0.1, 0.15) is 33.8 Å². The topological polar surface area (TPSA) is 20.3 Å². The first-order valence-corrected chi connectivity index (χ1v) is 8.87. The fourth-order valence-corrected chi connectivity index (χ4v) is 4.40. The summed E-state index contributed by atoms with van der Waals surface area (Å²) in [7, 11) is 4.52. The minimum Gasteiger partial charge on any atom is -0.328 e. The molecule has 0 radical (unpaired) electrons. The monoisotopic (exact) mass is 339 g/mol. The summed E-state index contributed by atoms with van der Waals surface area (Å²) >= 11 is 0. The van der Waals surface area contributed by atoms with Crippen molar-refractivity contribution in [2.45, 2.75) is 25.3 Å². The van der Waals surface area contributed by atoms with E-state index in [0.717, 1.165) is 29.7 Å². The molecule has 1 amide bonds. The van der Waals surface area contributed by atoms with Gasteiger partial charge in [0.2, 0.25) is 0 Å². The van der Waals surface area contributed by atoms with Crippen LogP contribution in [0.15, 0.2) is 42.5 Å². The molecule has 0 bridgehead atoms. The van der Waals surface area contributed by atoms with Crippen LogP contribution in [0, 0.1) is 12.7 Å². The fourth-order valence-electron chi connectivity index (χ4n) is 4.40.